The van der Waals surface area contributed by atoms with Gasteiger partial charge in [-0.05, 0) is 23.8 Å². The van der Waals surface area contributed by atoms with E-state index < -0.39 is 0 Å². The predicted molar refractivity (Wildman–Crippen MR) is 73.3 cm³/mol. The fourth-order valence-corrected chi connectivity index (χ4v) is 1.95. The first kappa shape index (κ1) is 10.7. The van der Waals surface area contributed by atoms with E-state index in [1.165, 1.54) is 0 Å². The number of hydrogen-bond acceptors (Lipinski definition) is 3. The van der Waals surface area contributed by atoms with Crippen LogP contribution in [0.2, 0.25) is 0 Å². The molecule has 0 radical (unpaired) electrons. The summed E-state index contributed by atoms with van der Waals surface area (Å²) in [5, 5.41) is 3.39. The highest BCUT2D eigenvalue weighted by Crippen LogP contribution is 2.15. The third-order valence-corrected chi connectivity index (χ3v) is 2.84. The molecule has 0 aliphatic heterocycles. The smallest absolute Gasteiger partial charge is 0.0936 e. The summed E-state index contributed by atoms with van der Waals surface area (Å²) in [6, 6.07) is 16.2. The van der Waals surface area contributed by atoms with Gasteiger partial charge in [0.25, 0.3) is 0 Å². The maximum absolute atomic E-state index is 4.39. The first-order valence-corrected chi connectivity index (χ1v) is 5.91. The Morgan fingerprint density at radius 1 is 0.833 bits per heavy atom. The van der Waals surface area contributed by atoms with E-state index in [4.69, 9.17) is 0 Å². The van der Waals surface area contributed by atoms with Crippen LogP contribution in [0.25, 0.3) is 11.0 Å². The van der Waals surface area contributed by atoms with Crippen LogP contribution in [0.3, 0.4) is 0 Å². The van der Waals surface area contributed by atoms with Gasteiger partial charge in [0.2, 0.25) is 0 Å². The van der Waals surface area contributed by atoms with E-state index in [1.54, 1.807) is 12.4 Å². The summed E-state index contributed by atoms with van der Waals surface area (Å²) in [6.45, 7) is 0.750. The van der Waals surface area contributed by atoms with E-state index in [2.05, 4.69) is 33.5 Å². The van der Waals surface area contributed by atoms with Gasteiger partial charge < -0.3 is 5.32 Å². The molecular weight excluding hydrogens is 222 g/mol. The van der Waals surface area contributed by atoms with Gasteiger partial charge in [-0.3, -0.25) is 9.97 Å². The van der Waals surface area contributed by atoms with Crippen molar-refractivity contribution in [2.24, 2.45) is 0 Å². The van der Waals surface area contributed by atoms with Gasteiger partial charge in [0, 0.05) is 24.6 Å². The van der Waals surface area contributed by atoms with Gasteiger partial charge in [-0.1, -0.05) is 30.3 Å². The SMILES string of the molecule is c1ccc(NCc2cccc3nccnc23)cc1. The minimum Gasteiger partial charge on any atom is -0.381 e. The molecule has 3 heteroatoms. The van der Waals surface area contributed by atoms with Crippen LogP contribution >= 0.6 is 0 Å². The van der Waals surface area contributed by atoms with Crippen LogP contribution in [0.15, 0.2) is 60.9 Å². The molecule has 0 amide bonds. The van der Waals surface area contributed by atoms with Crippen molar-refractivity contribution < 1.29 is 0 Å². The average molecular weight is 235 g/mol. The molecular formula is C15H13N3. The minimum absolute atomic E-state index is 0.750. The Hall–Kier alpha value is -2.42. The zero-order valence-corrected chi connectivity index (χ0v) is 9.88. The Kier molecular flexibility index (Phi) is 2.88. The lowest BCUT2D eigenvalue weighted by atomic mass is 10.1. The largest absolute Gasteiger partial charge is 0.381 e. The van der Waals surface area contributed by atoms with Crippen molar-refractivity contribution in [2.45, 2.75) is 6.54 Å². The molecule has 1 heterocycles. The highest BCUT2D eigenvalue weighted by Gasteiger charge is 2.01. The number of fused-ring (bicyclic) bond motifs is 1. The second kappa shape index (κ2) is 4.84. The van der Waals surface area contributed by atoms with Crippen molar-refractivity contribution in [3.63, 3.8) is 0 Å². The van der Waals surface area contributed by atoms with Crippen LogP contribution in [0, 0.1) is 0 Å². The lowest BCUT2D eigenvalue weighted by Crippen LogP contribution is -2.00. The number of anilines is 1. The minimum atomic E-state index is 0.750. The molecule has 0 aliphatic rings. The number of para-hydroxylation sites is 2. The molecule has 0 atom stereocenters. The fourth-order valence-electron chi connectivity index (χ4n) is 1.95. The lowest BCUT2D eigenvalue weighted by molar-refractivity contribution is 1.14. The zero-order chi connectivity index (χ0) is 12.2. The summed E-state index contributed by atoms with van der Waals surface area (Å²) in [4.78, 5) is 8.70. The number of nitrogens with one attached hydrogen (secondary N) is 1. The summed E-state index contributed by atoms with van der Waals surface area (Å²) in [5.74, 6) is 0. The Labute approximate surface area is 106 Å². The monoisotopic (exact) mass is 235 g/mol. The van der Waals surface area contributed by atoms with Crippen LogP contribution in [-0.2, 0) is 6.54 Å². The molecule has 0 unspecified atom stereocenters. The second-order valence-electron chi connectivity index (χ2n) is 4.06. The van der Waals surface area contributed by atoms with Crippen molar-refractivity contribution in [1.29, 1.82) is 0 Å². The van der Waals surface area contributed by atoms with E-state index in [0.29, 0.717) is 0 Å². The normalized spacial score (nSPS) is 10.4. The van der Waals surface area contributed by atoms with Crippen molar-refractivity contribution in [3.8, 4) is 0 Å². The molecule has 3 aromatic rings. The molecule has 3 nitrogen and oxygen atoms in total. The van der Waals surface area contributed by atoms with Crippen LogP contribution in [-0.4, -0.2) is 9.97 Å². The van der Waals surface area contributed by atoms with E-state index in [-0.39, 0.29) is 0 Å². The fraction of sp³-hybridized carbons (Fsp3) is 0.0667. The number of benzene rings is 2. The Morgan fingerprint density at radius 2 is 1.67 bits per heavy atom. The molecule has 18 heavy (non-hydrogen) atoms. The van der Waals surface area contributed by atoms with Crippen LogP contribution in [0.4, 0.5) is 5.69 Å². The molecule has 1 aromatic heterocycles. The van der Waals surface area contributed by atoms with Crippen molar-refractivity contribution in [2.75, 3.05) is 5.32 Å². The molecule has 0 spiro atoms. The summed E-state index contributed by atoms with van der Waals surface area (Å²) in [6.07, 6.45) is 3.45. The molecule has 88 valence electrons. The maximum Gasteiger partial charge on any atom is 0.0936 e. The topological polar surface area (TPSA) is 37.8 Å². The Balaban J connectivity index is 1.87. The molecule has 2 aromatic carbocycles. The van der Waals surface area contributed by atoms with Gasteiger partial charge in [0.15, 0.2) is 0 Å². The summed E-state index contributed by atoms with van der Waals surface area (Å²) >= 11 is 0. The maximum atomic E-state index is 4.39. The van der Waals surface area contributed by atoms with Crippen LogP contribution < -0.4 is 5.32 Å². The van der Waals surface area contributed by atoms with Crippen molar-refractivity contribution >= 4 is 16.7 Å². The average Bonchev–Trinajstić information content (AvgIpc) is 2.46. The lowest BCUT2D eigenvalue weighted by Gasteiger charge is -2.08. The van der Waals surface area contributed by atoms with Gasteiger partial charge in [0.1, 0.15) is 0 Å². The van der Waals surface area contributed by atoms with E-state index in [9.17, 15) is 0 Å². The number of aromatic nitrogens is 2. The quantitative estimate of drug-likeness (QED) is 0.757. The molecule has 3 rings (SSSR count). The summed E-state index contributed by atoms with van der Waals surface area (Å²) < 4.78 is 0. The zero-order valence-electron chi connectivity index (χ0n) is 9.88. The molecule has 0 fully saturated rings. The van der Waals surface area contributed by atoms with Crippen LogP contribution in [0.1, 0.15) is 5.56 Å². The second-order valence-corrected chi connectivity index (χ2v) is 4.06. The molecule has 1 N–H and O–H groups in total. The summed E-state index contributed by atoms with van der Waals surface area (Å²) in [7, 11) is 0. The standard InChI is InChI=1S/C15H13N3/c1-2-6-13(7-3-1)18-11-12-5-4-8-14-15(12)17-10-9-16-14/h1-10,18H,11H2. The Bertz CT molecular complexity index is 645. The van der Waals surface area contributed by atoms with E-state index in [0.717, 1.165) is 28.8 Å². The third-order valence-electron chi connectivity index (χ3n) is 2.84. The van der Waals surface area contributed by atoms with Crippen molar-refractivity contribution in [3.05, 3.63) is 66.5 Å². The van der Waals surface area contributed by atoms with Gasteiger partial charge >= 0.3 is 0 Å². The van der Waals surface area contributed by atoms with Crippen molar-refractivity contribution in [1.82, 2.24) is 9.97 Å². The predicted octanol–water partition coefficient (Wildman–Crippen LogP) is 3.24. The highest BCUT2D eigenvalue weighted by molar-refractivity contribution is 5.77. The van der Waals surface area contributed by atoms with E-state index in [1.807, 2.05) is 30.3 Å². The Morgan fingerprint density at radius 3 is 2.56 bits per heavy atom. The number of nitrogens with zero attached hydrogens (tertiary/aromatic N) is 2. The van der Waals surface area contributed by atoms with Gasteiger partial charge in [0.05, 0.1) is 11.0 Å². The molecule has 0 saturated carbocycles. The number of rotatable bonds is 3. The first-order valence-electron chi connectivity index (χ1n) is 5.91. The van der Waals surface area contributed by atoms with Gasteiger partial charge in [-0.25, -0.2) is 0 Å². The molecule has 0 bridgehead atoms. The summed E-state index contributed by atoms with van der Waals surface area (Å²) in [5.41, 5.74) is 4.16. The first-order chi connectivity index (χ1) is 8.93. The molecule has 0 aliphatic carbocycles. The van der Waals surface area contributed by atoms with Gasteiger partial charge in [-0.15, -0.1) is 0 Å². The van der Waals surface area contributed by atoms with E-state index >= 15 is 0 Å². The van der Waals surface area contributed by atoms with Gasteiger partial charge in [-0.2, -0.15) is 0 Å². The number of hydrogen-bond donors (Lipinski definition) is 1. The molecule has 0 saturated heterocycles. The highest BCUT2D eigenvalue weighted by atomic mass is 14.9. The van der Waals surface area contributed by atoms with Crippen LogP contribution in [0.5, 0.6) is 0 Å². The third kappa shape index (κ3) is 2.15.